The summed E-state index contributed by atoms with van der Waals surface area (Å²) in [6.45, 7) is 0.434. The van der Waals surface area contributed by atoms with Gasteiger partial charge in [-0.1, -0.05) is 6.07 Å². The van der Waals surface area contributed by atoms with Crippen LogP contribution in [0.4, 0.5) is 8.78 Å². The summed E-state index contributed by atoms with van der Waals surface area (Å²) in [5.74, 6) is -1.02. The van der Waals surface area contributed by atoms with E-state index < -0.39 is 11.6 Å². The molecule has 0 radical (unpaired) electrons. The number of benzene rings is 1. The third-order valence-corrected chi connectivity index (χ3v) is 3.68. The molecule has 2 bridgehead atoms. The van der Waals surface area contributed by atoms with Crippen LogP contribution in [0.5, 0.6) is 0 Å². The van der Waals surface area contributed by atoms with Gasteiger partial charge < -0.3 is 10.1 Å². The normalized spacial score (nSPS) is 31.1. The first-order chi connectivity index (χ1) is 8.22. The van der Waals surface area contributed by atoms with E-state index in [1.807, 2.05) is 0 Å². The van der Waals surface area contributed by atoms with Crippen LogP contribution in [0.3, 0.4) is 0 Å². The van der Waals surface area contributed by atoms with Crippen molar-refractivity contribution in [1.82, 2.24) is 5.32 Å². The molecular formula is C13H15F2NO. The minimum absolute atomic E-state index is 0.281. The molecule has 3 unspecified atom stereocenters. The summed E-state index contributed by atoms with van der Waals surface area (Å²) in [7, 11) is 0. The number of fused-ring (bicyclic) bond motifs is 2. The molecule has 2 aliphatic heterocycles. The highest BCUT2D eigenvalue weighted by molar-refractivity contribution is 5.18. The lowest BCUT2D eigenvalue weighted by molar-refractivity contribution is 0.0972. The van der Waals surface area contributed by atoms with Gasteiger partial charge in [0.15, 0.2) is 0 Å². The minimum atomic E-state index is -0.533. The SMILES string of the molecule is Fc1ccc(CNC2CC3CCC2O3)c(F)c1. The molecule has 1 aromatic rings. The summed E-state index contributed by atoms with van der Waals surface area (Å²) in [6.07, 6.45) is 3.91. The zero-order valence-corrected chi connectivity index (χ0v) is 9.46. The lowest BCUT2D eigenvalue weighted by Gasteiger charge is -2.20. The molecule has 1 N–H and O–H groups in total. The van der Waals surface area contributed by atoms with E-state index in [2.05, 4.69) is 5.32 Å². The second-order valence-corrected chi connectivity index (χ2v) is 4.83. The largest absolute Gasteiger partial charge is 0.373 e. The summed E-state index contributed by atoms with van der Waals surface area (Å²) in [6, 6.07) is 4.02. The second kappa shape index (κ2) is 4.35. The minimum Gasteiger partial charge on any atom is -0.373 e. The van der Waals surface area contributed by atoms with Gasteiger partial charge in [0.1, 0.15) is 11.6 Å². The van der Waals surface area contributed by atoms with Gasteiger partial charge >= 0.3 is 0 Å². The van der Waals surface area contributed by atoms with Gasteiger partial charge in [0.2, 0.25) is 0 Å². The second-order valence-electron chi connectivity index (χ2n) is 4.83. The smallest absolute Gasteiger partial charge is 0.130 e. The van der Waals surface area contributed by atoms with Crippen molar-refractivity contribution < 1.29 is 13.5 Å². The highest BCUT2D eigenvalue weighted by atomic mass is 19.1. The lowest BCUT2D eigenvalue weighted by Crippen LogP contribution is -2.37. The van der Waals surface area contributed by atoms with E-state index in [-0.39, 0.29) is 6.10 Å². The van der Waals surface area contributed by atoms with E-state index in [1.165, 1.54) is 12.1 Å². The first kappa shape index (κ1) is 11.1. The van der Waals surface area contributed by atoms with Crippen molar-refractivity contribution >= 4 is 0 Å². The molecule has 0 saturated carbocycles. The molecule has 3 atom stereocenters. The Morgan fingerprint density at radius 2 is 2.18 bits per heavy atom. The van der Waals surface area contributed by atoms with Crippen molar-refractivity contribution in [1.29, 1.82) is 0 Å². The molecule has 1 aromatic carbocycles. The molecule has 92 valence electrons. The molecule has 0 aliphatic carbocycles. The summed E-state index contributed by atoms with van der Waals surface area (Å²) in [4.78, 5) is 0. The van der Waals surface area contributed by atoms with Crippen LogP contribution in [0.25, 0.3) is 0 Å². The third-order valence-electron chi connectivity index (χ3n) is 3.68. The first-order valence-corrected chi connectivity index (χ1v) is 6.05. The molecule has 2 heterocycles. The molecule has 0 amide bonds. The van der Waals surface area contributed by atoms with Gasteiger partial charge in [-0.25, -0.2) is 8.78 Å². The quantitative estimate of drug-likeness (QED) is 0.874. The van der Waals surface area contributed by atoms with Gasteiger partial charge in [0.25, 0.3) is 0 Å². The van der Waals surface area contributed by atoms with Gasteiger partial charge in [-0.05, 0) is 25.3 Å². The van der Waals surface area contributed by atoms with Crippen LogP contribution in [0, 0.1) is 11.6 Å². The Bertz CT molecular complexity index is 424. The number of hydrogen-bond acceptors (Lipinski definition) is 2. The zero-order chi connectivity index (χ0) is 11.8. The maximum absolute atomic E-state index is 13.4. The van der Waals surface area contributed by atoms with E-state index in [1.54, 1.807) is 0 Å². The summed E-state index contributed by atoms with van der Waals surface area (Å²) >= 11 is 0. The van der Waals surface area contributed by atoms with Gasteiger partial charge in [0, 0.05) is 24.2 Å². The Hall–Kier alpha value is -1.00. The standard InChI is InChI=1S/C13H15F2NO/c14-9-2-1-8(11(15)5-9)7-16-12-6-10-3-4-13(12)17-10/h1-2,5,10,12-13,16H,3-4,6-7H2. The van der Waals surface area contributed by atoms with Crippen molar-refractivity contribution in [3.05, 3.63) is 35.4 Å². The Kier molecular flexibility index (Phi) is 2.84. The lowest BCUT2D eigenvalue weighted by atomic mass is 9.95. The Morgan fingerprint density at radius 3 is 2.82 bits per heavy atom. The topological polar surface area (TPSA) is 21.3 Å². The highest BCUT2D eigenvalue weighted by Crippen LogP contribution is 2.34. The van der Waals surface area contributed by atoms with E-state index in [0.717, 1.165) is 25.3 Å². The predicted octanol–water partition coefficient (Wildman–Crippen LogP) is 2.37. The van der Waals surface area contributed by atoms with Gasteiger partial charge in [-0.3, -0.25) is 0 Å². The van der Waals surface area contributed by atoms with Gasteiger partial charge in [-0.2, -0.15) is 0 Å². The van der Waals surface area contributed by atoms with Crippen LogP contribution >= 0.6 is 0 Å². The number of hydrogen-bond donors (Lipinski definition) is 1. The summed E-state index contributed by atoms with van der Waals surface area (Å²) in [5.41, 5.74) is 0.508. The van der Waals surface area contributed by atoms with Crippen LogP contribution in [-0.2, 0) is 11.3 Å². The molecule has 2 saturated heterocycles. The fraction of sp³-hybridized carbons (Fsp3) is 0.538. The Labute approximate surface area is 99.0 Å². The number of halogens is 2. The fourth-order valence-electron chi connectivity index (χ4n) is 2.76. The Morgan fingerprint density at radius 1 is 1.29 bits per heavy atom. The summed E-state index contributed by atoms with van der Waals surface area (Å²) in [5, 5.41) is 3.30. The molecule has 2 aliphatic rings. The number of nitrogens with one attached hydrogen (secondary N) is 1. The first-order valence-electron chi connectivity index (χ1n) is 6.05. The predicted molar refractivity (Wildman–Crippen MR) is 59.5 cm³/mol. The van der Waals surface area contributed by atoms with Crippen LogP contribution in [-0.4, -0.2) is 18.2 Å². The number of ether oxygens (including phenoxy) is 1. The van der Waals surface area contributed by atoms with Crippen LogP contribution in [0.15, 0.2) is 18.2 Å². The number of rotatable bonds is 3. The van der Waals surface area contributed by atoms with Crippen molar-refractivity contribution in [2.75, 3.05) is 0 Å². The molecule has 2 fully saturated rings. The maximum atomic E-state index is 13.4. The molecule has 4 heteroatoms. The average molecular weight is 239 g/mol. The van der Waals surface area contributed by atoms with Crippen molar-refractivity contribution in [3.8, 4) is 0 Å². The van der Waals surface area contributed by atoms with Crippen molar-refractivity contribution in [2.45, 2.75) is 44.1 Å². The highest BCUT2D eigenvalue weighted by Gasteiger charge is 2.40. The van der Waals surface area contributed by atoms with E-state index >= 15 is 0 Å². The molecular weight excluding hydrogens is 224 g/mol. The van der Waals surface area contributed by atoms with E-state index in [0.29, 0.717) is 24.3 Å². The van der Waals surface area contributed by atoms with Crippen molar-refractivity contribution in [3.63, 3.8) is 0 Å². The third kappa shape index (κ3) is 2.19. The van der Waals surface area contributed by atoms with E-state index in [9.17, 15) is 8.78 Å². The molecule has 3 rings (SSSR count). The van der Waals surface area contributed by atoms with Gasteiger partial charge in [0.05, 0.1) is 12.2 Å². The monoisotopic (exact) mass is 239 g/mol. The molecule has 0 spiro atoms. The van der Waals surface area contributed by atoms with Gasteiger partial charge in [-0.15, -0.1) is 0 Å². The zero-order valence-electron chi connectivity index (χ0n) is 9.46. The average Bonchev–Trinajstić information content (AvgIpc) is 2.89. The molecule has 2 nitrogen and oxygen atoms in total. The molecule has 0 aromatic heterocycles. The molecule has 17 heavy (non-hydrogen) atoms. The summed E-state index contributed by atoms with van der Waals surface area (Å²) < 4.78 is 31.8. The van der Waals surface area contributed by atoms with Crippen LogP contribution in [0.2, 0.25) is 0 Å². The van der Waals surface area contributed by atoms with E-state index in [4.69, 9.17) is 4.74 Å². The fourth-order valence-corrected chi connectivity index (χ4v) is 2.76. The van der Waals surface area contributed by atoms with Crippen molar-refractivity contribution in [2.24, 2.45) is 0 Å². The van der Waals surface area contributed by atoms with Crippen LogP contribution < -0.4 is 5.32 Å². The Balaban J connectivity index is 1.60. The van der Waals surface area contributed by atoms with Crippen LogP contribution in [0.1, 0.15) is 24.8 Å². The maximum Gasteiger partial charge on any atom is 0.130 e.